The lowest BCUT2D eigenvalue weighted by atomic mass is 9.81. The minimum Gasteiger partial charge on any atom is -0.310 e. The van der Waals surface area contributed by atoms with Gasteiger partial charge in [0.25, 0.3) is 0 Å². The van der Waals surface area contributed by atoms with Gasteiger partial charge in [0.05, 0.1) is 5.69 Å². The van der Waals surface area contributed by atoms with Crippen LogP contribution < -0.4 is 4.90 Å². The van der Waals surface area contributed by atoms with E-state index in [4.69, 9.17) is 0 Å². The van der Waals surface area contributed by atoms with Crippen LogP contribution in [0.25, 0.3) is 77.5 Å². The molecule has 2 aliphatic rings. The van der Waals surface area contributed by atoms with Gasteiger partial charge in [-0.25, -0.2) is 0 Å². The van der Waals surface area contributed by atoms with Gasteiger partial charge in [-0.3, -0.25) is 0 Å². The summed E-state index contributed by atoms with van der Waals surface area (Å²) in [6.45, 7) is 4.75. The van der Waals surface area contributed by atoms with Crippen LogP contribution in [0.4, 0.5) is 17.1 Å². The zero-order chi connectivity index (χ0) is 37.4. The molecule has 1 heteroatoms. The van der Waals surface area contributed by atoms with E-state index in [2.05, 4.69) is 219 Å². The van der Waals surface area contributed by atoms with E-state index in [1.807, 2.05) is 0 Å². The second-order valence-corrected chi connectivity index (χ2v) is 15.7. The Morgan fingerprint density at radius 3 is 1.70 bits per heavy atom. The molecule has 0 radical (unpaired) electrons. The Labute approximate surface area is 328 Å². The molecule has 0 unspecified atom stereocenters. The van der Waals surface area contributed by atoms with Gasteiger partial charge in [-0.1, -0.05) is 178 Å². The molecule has 9 aromatic carbocycles. The lowest BCUT2D eigenvalue weighted by molar-refractivity contribution is 0.661. The Hall–Kier alpha value is -6.96. The summed E-state index contributed by atoms with van der Waals surface area (Å²) in [6.07, 6.45) is 0. The van der Waals surface area contributed by atoms with E-state index >= 15 is 0 Å². The lowest BCUT2D eigenvalue weighted by Crippen LogP contribution is -2.20. The summed E-state index contributed by atoms with van der Waals surface area (Å²) >= 11 is 0. The quantitative estimate of drug-likeness (QED) is 0.166. The molecule has 0 saturated carbocycles. The Balaban J connectivity index is 1.04. The summed E-state index contributed by atoms with van der Waals surface area (Å²) in [5.74, 6) is 0. The van der Waals surface area contributed by atoms with Crippen LogP contribution in [0.5, 0.6) is 0 Å². The molecule has 0 aliphatic heterocycles. The van der Waals surface area contributed by atoms with Crippen molar-refractivity contribution in [3.05, 3.63) is 211 Å². The number of benzene rings is 9. The molecule has 0 spiro atoms. The fourth-order valence-corrected chi connectivity index (χ4v) is 9.62. The minimum atomic E-state index is -0.169. The zero-order valence-electron chi connectivity index (χ0n) is 31.5. The smallest absolute Gasteiger partial charge is 0.0508 e. The van der Waals surface area contributed by atoms with Crippen LogP contribution in [0.3, 0.4) is 0 Å². The Kier molecular flexibility index (Phi) is 7.28. The molecule has 264 valence electrons. The van der Waals surface area contributed by atoms with Gasteiger partial charge in [-0.15, -0.1) is 0 Å². The van der Waals surface area contributed by atoms with E-state index in [9.17, 15) is 0 Å². The SMILES string of the molecule is CC1(C)c2ccccc2-c2cccc(N(c3ccc(-c4ccccc4)cc3)c3cccc(-c4cccc(-c5ccc6c7c(cccc57)-c5ccccc5-6)c4)c3)c21. The maximum absolute atomic E-state index is 2.47. The Morgan fingerprint density at radius 2 is 0.893 bits per heavy atom. The van der Waals surface area contributed by atoms with Crippen LogP contribution in [0.1, 0.15) is 25.0 Å². The largest absolute Gasteiger partial charge is 0.310 e. The van der Waals surface area contributed by atoms with Crippen LogP contribution in [0.15, 0.2) is 200 Å². The summed E-state index contributed by atoms with van der Waals surface area (Å²) in [7, 11) is 0. The highest BCUT2D eigenvalue weighted by molar-refractivity contribution is 6.18. The first-order chi connectivity index (χ1) is 27.5. The van der Waals surface area contributed by atoms with Crippen molar-refractivity contribution in [1.29, 1.82) is 0 Å². The number of rotatable bonds is 6. The number of hydrogen-bond acceptors (Lipinski definition) is 1. The van der Waals surface area contributed by atoms with Gasteiger partial charge < -0.3 is 4.90 Å². The second-order valence-electron chi connectivity index (χ2n) is 15.7. The maximum Gasteiger partial charge on any atom is 0.0508 e. The van der Waals surface area contributed by atoms with Gasteiger partial charge in [-0.2, -0.15) is 0 Å². The third-order valence-electron chi connectivity index (χ3n) is 12.2. The molecular formula is C55H39N. The van der Waals surface area contributed by atoms with Crippen LogP contribution in [0, 0.1) is 0 Å². The minimum absolute atomic E-state index is 0.169. The summed E-state index contributed by atoms with van der Waals surface area (Å²) in [4.78, 5) is 2.47. The van der Waals surface area contributed by atoms with Crippen molar-refractivity contribution in [2.24, 2.45) is 0 Å². The van der Waals surface area contributed by atoms with Gasteiger partial charge in [0, 0.05) is 16.8 Å². The van der Waals surface area contributed by atoms with E-state index in [1.165, 1.54) is 94.3 Å². The highest BCUT2D eigenvalue weighted by Crippen LogP contribution is 2.54. The summed E-state index contributed by atoms with van der Waals surface area (Å²) in [5, 5.41) is 2.65. The predicted molar refractivity (Wildman–Crippen MR) is 237 cm³/mol. The number of nitrogens with zero attached hydrogens (tertiary/aromatic N) is 1. The molecule has 2 aliphatic carbocycles. The molecule has 0 amide bonds. The summed E-state index contributed by atoms with van der Waals surface area (Å²) in [5.41, 5.74) is 21.3. The molecular weight excluding hydrogens is 675 g/mol. The zero-order valence-corrected chi connectivity index (χ0v) is 31.5. The van der Waals surface area contributed by atoms with Gasteiger partial charge in [0.15, 0.2) is 0 Å². The first-order valence-corrected chi connectivity index (χ1v) is 19.6. The third-order valence-corrected chi connectivity index (χ3v) is 12.2. The van der Waals surface area contributed by atoms with E-state index in [1.54, 1.807) is 0 Å². The molecule has 0 atom stereocenters. The lowest BCUT2D eigenvalue weighted by Gasteiger charge is -2.32. The molecule has 0 N–H and O–H groups in total. The van der Waals surface area contributed by atoms with Crippen LogP contribution in [-0.2, 0) is 5.41 Å². The number of fused-ring (bicyclic) bond motifs is 6. The van der Waals surface area contributed by atoms with Crippen LogP contribution >= 0.6 is 0 Å². The fraction of sp³-hybridized carbons (Fsp3) is 0.0545. The monoisotopic (exact) mass is 713 g/mol. The molecule has 11 rings (SSSR count). The first kappa shape index (κ1) is 32.5. The molecule has 9 aromatic rings. The van der Waals surface area contributed by atoms with E-state index in [0.29, 0.717) is 0 Å². The Bertz CT molecular complexity index is 2960. The highest BCUT2D eigenvalue weighted by Gasteiger charge is 2.38. The molecule has 0 aromatic heterocycles. The molecule has 0 bridgehead atoms. The number of hydrogen-bond donors (Lipinski definition) is 0. The van der Waals surface area contributed by atoms with Gasteiger partial charge in [0.2, 0.25) is 0 Å². The maximum atomic E-state index is 2.47. The standard InChI is InChI=1S/C55H39N/c1-55(2)51-26-9-8-22-46(51)50-25-13-27-52(54(50)55)56(41-30-28-37(29-31-41)36-14-4-3-5-15-36)42-19-11-17-39(35-42)38-16-10-18-40(34-38)43-32-33-49-45-21-7-6-20-44(45)48-24-12-23-47(43)53(48)49/h3-35H,1-2H3. The summed E-state index contributed by atoms with van der Waals surface area (Å²) < 4.78 is 0. The van der Waals surface area contributed by atoms with Crippen molar-refractivity contribution < 1.29 is 0 Å². The molecule has 1 nitrogen and oxygen atoms in total. The third kappa shape index (κ3) is 4.94. The van der Waals surface area contributed by atoms with Crippen molar-refractivity contribution in [3.63, 3.8) is 0 Å². The summed E-state index contributed by atoms with van der Waals surface area (Å²) in [6, 6.07) is 73.8. The molecule has 56 heavy (non-hydrogen) atoms. The molecule has 0 fully saturated rings. The van der Waals surface area contributed by atoms with Crippen molar-refractivity contribution in [1.82, 2.24) is 0 Å². The average molecular weight is 714 g/mol. The van der Waals surface area contributed by atoms with Crippen molar-refractivity contribution >= 4 is 27.8 Å². The van der Waals surface area contributed by atoms with Crippen molar-refractivity contribution in [2.45, 2.75) is 19.3 Å². The molecule has 0 heterocycles. The van der Waals surface area contributed by atoms with Gasteiger partial charge in [-0.05, 0) is 125 Å². The van der Waals surface area contributed by atoms with Crippen LogP contribution in [0.2, 0.25) is 0 Å². The normalized spacial score (nSPS) is 13.0. The van der Waals surface area contributed by atoms with Gasteiger partial charge in [0.1, 0.15) is 0 Å². The van der Waals surface area contributed by atoms with E-state index in [0.717, 1.165) is 11.4 Å². The topological polar surface area (TPSA) is 3.24 Å². The van der Waals surface area contributed by atoms with Gasteiger partial charge >= 0.3 is 0 Å². The van der Waals surface area contributed by atoms with Crippen molar-refractivity contribution in [3.8, 4) is 66.8 Å². The predicted octanol–water partition coefficient (Wildman–Crippen LogP) is 15.3. The molecule has 0 saturated heterocycles. The number of anilines is 3. The average Bonchev–Trinajstić information content (AvgIpc) is 3.71. The Morgan fingerprint density at radius 1 is 0.339 bits per heavy atom. The van der Waals surface area contributed by atoms with E-state index in [-0.39, 0.29) is 5.41 Å². The fourth-order valence-electron chi connectivity index (χ4n) is 9.62. The first-order valence-electron chi connectivity index (χ1n) is 19.6. The van der Waals surface area contributed by atoms with E-state index < -0.39 is 0 Å². The van der Waals surface area contributed by atoms with Crippen molar-refractivity contribution in [2.75, 3.05) is 4.90 Å². The van der Waals surface area contributed by atoms with Crippen LogP contribution in [-0.4, -0.2) is 0 Å². The highest BCUT2D eigenvalue weighted by atomic mass is 15.1. The second kappa shape index (κ2) is 12.5.